The van der Waals surface area contributed by atoms with E-state index in [1.165, 1.54) is 0 Å². The first-order valence-electron chi connectivity index (χ1n) is 8.41. The van der Waals surface area contributed by atoms with E-state index in [9.17, 15) is 9.59 Å². The number of hydrogen-bond acceptors (Lipinski definition) is 4. The minimum atomic E-state index is -0.0666. The zero-order chi connectivity index (χ0) is 17.5. The molecule has 1 aliphatic rings. The van der Waals surface area contributed by atoms with Crippen molar-refractivity contribution in [2.45, 2.75) is 38.3 Å². The number of hydrogen-bond donors (Lipinski definition) is 2. The molecule has 1 aromatic heterocycles. The van der Waals surface area contributed by atoms with Gasteiger partial charge < -0.3 is 15.4 Å². The van der Waals surface area contributed by atoms with E-state index < -0.39 is 0 Å². The first-order chi connectivity index (χ1) is 12.2. The quantitative estimate of drug-likeness (QED) is 0.813. The van der Waals surface area contributed by atoms with E-state index in [2.05, 4.69) is 15.6 Å². The predicted octanol–water partition coefficient (Wildman–Crippen LogP) is 2.66. The van der Waals surface area contributed by atoms with Gasteiger partial charge in [-0.05, 0) is 37.1 Å². The van der Waals surface area contributed by atoms with Crippen LogP contribution in [0.4, 0.5) is 5.69 Å². The maximum atomic E-state index is 12.1. The van der Waals surface area contributed by atoms with Crippen molar-refractivity contribution in [2.24, 2.45) is 0 Å². The summed E-state index contributed by atoms with van der Waals surface area (Å²) in [6, 6.07) is 13.1. The van der Waals surface area contributed by atoms with Gasteiger partial charge in [-0.25, -0.2) is 0 Å². The van der Waals surface area contributed by atoms with Crippen molar-refractivity contribution in [3.05, 3.63) is 54.4 Å². The van der Waals surface area contributed by atoms with Crippen molar-refractivity contribution in [1.29, 1.82) is 0 Å². The standard InChI is InChI=1S/C19H21N3O3/c23-18-9-7-14(21-18)8-10-19(24)22-15-5-3-6-17(12-15)25-13-16-4-1-2-11-20-16/h1-6,11-12,14H,7-10,13H2,(H,21,23)(H,22,24). The van der Waals surface area contributed by atoms with Crippen LogP contribution in [0.25, 0.3) is 0 Å². The Morgan fingerprint density at radius 3 is 2.96 bits per heavy atom. The largest absolute Gasteiger partial charge is 0.487 e. The normalized spacial score (nSPS) is 16.3. The van der Waals surface area contributed by atoms with E-state index in [1.807, 2.05) is 36.4 Å². The van der Waals surface area contributed by atoms with Crippen LogP contribution in [0.2, 0.25) is 0 Å². The van der Waals surface area contributed by atoms with Crippen molar-refractivity contribution in [2.75, 3.05) is 5.32 Å². The van der Waals surface area contributed by atoms with Crippen LogP contribution in [-0.4, -0.2) is 22.8 Å². The van der Waals surface area contributed by atoms with E-state index in [-0.39, 0.29) is 17.9 Å². The number of rotatable bonds is 7. The van der Waals surface area contributed by atoms with Gasteiger partial charge in [0.2, 0.25) is 11.8 Å². The summed E-state index contributed by atoms with van der Waals surface area (Å²) in [5.41, 5.74) is 1.54. The first-order valence-corrected chi connectivity index (χ1v) is 8.41. The Morgan fingerprint density at radius 2 is 2.20 bits per heavy atom. The summed E-state index contributed by atoms with van der Waals surface area (Å²) in [4.78, 5) is 27.4. The molecule has 0 aliphatic carbocycles. The number of nitrogens with zero attached hydrogens (tertiary/aromatic N) is 1. The van der Waals surface area contributed by atoms with Gasteiger partial charge in [0, 0.05) is 36.8 Å². The van der Waals surface area contributed by atoms with Gasteiger partial charge in [-0.15, -0.1) is 0 Å². The summed E-state index contributed by atoms with van der Waals surface area (Å²) in [5.74, 6) is 0.678. The molecule has 0 radical (unpaired) electrons. The molecule has 2 heterocycles. The van der Waals surface area contributed by atoms with Crippen LogP contribution >= 0.6 is 0 Å². The highest BCUT2D eigenvalue weighted by molar-refractivity contribution is 5.91. The van der Waals surface area contributed by atoms with Crippen molar-refractivity contribution in [3.8, 4) is 5.75 Å². The third-order valence-corrected chi connectivity index (χ3v) is 4.04. The summed E-state index contributed by atoms with van der Waals surface area (Å²) in [7, 11) is 0. The van der Waals surface area contributed by atoms with Crippen LogP contribution in [0.5, 0.6) is 5.75 Å². The maximum Gasteiger partial charge on any atom is 0.224 e. The third kappa shape index (κ3) is 5.31. The molecule has 3 rings (SSSR count). The third-order valence-electron chi connectivity index (χ3n) is 4.04. The van der Waals surface area contributed by atoms with Crippen molar-refractivity contribution >= 4 is 17.5 Å². The van der Waals surface area contributed by atoms with Gasteiger partial charge in [-0.3, -0.25) is 14.6 Å². The molecule has 1 aliphatic heterocycles. The number of pyridine rings is 1. The van der Waals surface area contributed by atoms with E-state index in [0.717, 1.165) is 12.1 Å². The van der Waals surface area contributed by atoms with Crippen LogP contribution in [-0.2, 0) is 16.2 Å². The molecule has 1 saturated heterocycles. The average Bonchev–Trinajstić information content (AvgIpc) is 3.05. The predicted molar refractivity (Wildman–Crippen MR) is 94.0 cm³/mol. The van der Waals surface area contributed by atoms with Gasteiger partial charge in [-0.1, -0.05) is 12.1 Å². The van der Waals surface area contributed by atoms with E-state index >= 15 is 0 Å². The number of aromatic nitrogens is 1. The highest BCUT2D eigenvalue weighted by Crippen LogP contribution is 2.19. The smallest absolute Gasteiger partial charge is 0.224 e. The van der Waals surface area contributed by atoms with Crippen LogP contribution < -0.4 is 15.4 Å². The zero-order valence-corrected chi connectivity index (χ0v) is 13.9. The fourth-order valence-corrected chi connectivity index (χ4v) is 2.73. The molecular weight excluding hydrogens is 318 g/mol. The van der Waals surface area contributed by atoms with Gasteiger partial charge in [-0.2, -0.15) is 0 Å². The van der Waals surface area contributed by atoms with Crippen molar-refractivity contribution in [1.82, 2.24) is 10.3 Å². The number of nitrogens with one attached hydrogen (secondary N) is 2. The van der Waals surface area contributed by atoms with Crippen molar-refractivity contribution < 1.29 is 14.3 Å². The SMILES string of the molecule is O=C(CCC1CCC(=O)N1)Nc1cccc(OCc2ccccn2)c1. The lowest BCUT2D eigenvalue weighted by Crippen LogP contribution is -2.26. The average molecular weight is 339 g/mol. The Labute approximate surface area is 146 Å². The lowest BCUT2D eigenvalue weighted by Gasteiger charge is -2.11. The Balaban J connectivity index is 1.47. The Kier molecular flexibility index (Phi) is 5.61. The Hall–Kier alpha value is -2.89. The summed E-state index contributed by atoms with van der Waals surface area (Å²) in [6.07, 6.45) is 4.13. The second-order valence-corrected chi connectivity index (χ2v) is 6.03. The second kappa shape index (κ2) is 8.28. The fraction of sp³-hybridized carbons (Fsp3) is 0.316. The van der Waals surface area contributed by atoms with E-state index in [0.29, 0.717) is 37.3 Å². The molecule has 0 saturated carbocycles. The number of anilines is 1. The molecule has 6 nitrogen and oxygen atoms in total. The fourth-order valence-electron chi connectivity index (χ4n) is 2.73. The zero-order valence-electron chi connectivity index (χ0n) is 13.9. The second-order valence-electron chi connectivity index (χ2n) is 6.03. The van der Waals surface area contributed by atoms with Crippen LogP contribution in [0.3, 0.4) is 0 Å². The molecule has 6 heteroatoms. The minimum Gasteiger partial charge on any atom is -0.487 e. The van der Waals surface area contributed by atoms with E-state index in [1.54, 1.807) is 12.3 Å². The monoisotopic (exact) mass is 339 g/mol. The highest BCUT2D eigenvalue weighted by atomic mass is 16.5. The topological polar surface area (TPSA) is 80.3 Å². The number of carbonyl (C=O) groups is 2. The van der Waals surface area contributed by atoms with Crippen molar-refractivity contribution in [3.63, 3.8) is 0 Å². The molecule has 0 spiro atoms. The number of benzene rings is 1. The molecule has 1 atom stereocenters. The Morgan fingerprint density at radius 1 is 1.28 bits per heavy atom. The summed E-state index contributed by atoms with van der Waals surface area (Å²) >= 11 is 0. The molecule has 1 aromatic carbocycles. The molecule has 1 fully saturated rings. The lowest BCUT2D eigenvalue weighted by atomic mass is 10.1. The molecule has 2 aromatic rings. The Bertz CT molecular complexity index is 734. The van der Waals surface area contributed by atoms with Crippen LogP contribution in [0.15, 0.2) is 48.7 Å². The molecule has 2 N–H and O–H groups in total. The van der Waals surface area contributed by atoms with Crippen LogP contribution in [0, 0.1) is 0 Å². The van der Waals surface area contributed by atoms with E-state index in [4.69, 9.17) is 4.74 Å². The maximum absolute atomic E-state index is 12.1. The number of carbonyl (C=O) groups excluding carboxylic acids is 2. The summed E-state index contributed by atoms with van der Waals surface area (Å²) < 4.78 is 5.71. The number of ether oxygens (including phenoxy) is 1. The minimum absolute atomic E-state index is 0.0666. The molecule has 130 valence electrons. The highest BCUT2D eigenvalue weighted by Gasteiger charge is 2.21. The molecule has 25 heavy (non-hydrogen) atoms. The lowest BCUT2D eigenvalue weighted by molar-refractivity contribution is -0.120. The first kappa shape index (κ1) is 17.0. The summed E-state index contributed by atoms with van der Waals surface area (Å²) in [6.45, 7) is 0.375. The van der Waals surface area contributed by atoms with Gasteiger partial charge in [0.1, 0.15) is 12.4 Å². The number of amides is 2. The van der Waals surface area contributed by atoms with Gasteiger partial charge >= 0.3 is 0 Å². The molecule has 2 amide bonds. The van der Waals surface area contributed by atoms with Crippen LogP contribution in [0.1, 0.15) is 31.4 Å². The van der Waals surface area contributed by atoms with Gasteiger partial charge in [0.25, 0.3) is 0 Å². The molecule has 1 unspecified atom stereocenters. The summed E-state index contributed by atoms with van der Waals surface area (Å²) in [5, 5.41) is 5.74. The van der Waals surface area contributed by atoms with Gasteiger partial charge in [0.05, 0.1) is 5.69 Å². The van der Waals surface area contributed by atoms with Gasteiger partial charge in [0.15, 0.2) is 0 Å². The molecular formula is C19H21N3O3. The molecule has 0 bridgehead atoms.